The summed E-state index contributed by atoms with van der Waals surface area (Å²) in [7, 11) is 1.67. The van der Waals surface area contributed by atoms with Crippen molar-refractivity contribution in [2.75, 3.05) is 31.6 Å². The van der Waals surface area contributed by atoms with Crippen molar-refractivity contribution in [2.45, 2.75) is 19.9 Å². The Labute approximate surface area is 152 Å². The largest absolute Gasteiger partial charge is 0.495 e. The Morgan fingerprint density at radius 1 is 1.32 bits per heavy atom. The van der Waals surface area contributed by atoms with Gasteiger partial charge in [-0.1, -0.05) is 23.7 Å². The van der Waals surface area contributed by atoms with E-state index < -0.39 is 0 Å². The molecule has 1 amide bonds. The van der Waals surface area contributed by atoms with Gasteiger partial charge in [0.15, 0.2) is 5.69 Å². The Morgan fingerprint density at radius 3 is 2.80 bits per heavy atom. The highest BCUT2D eigenvalue weighted by atomic mass is 35.5. The van der Waals surface area contributed by atoms with Gasteiger partial charge in [0.25, 0.3) is 5.91 Å². The SMILES string of the molecule is COc1ccccc1N1CCN(C(=O)c2nc(C)ncc2Cl)C(C)C1. The topological polar surface area (TPSA) is 58.6 Å². The van der Waals surface area contributed by atoms with Crippen LogP contribution < -0.4 is 9.64 Å². The van der Waals surface area contributed by atoms with E-state index in [9.17, 15) is 4.79 Å². The van der Waals surface area contributed by atoms with Crippen molar-refractivity contribution in [1.82, 2.24) is 14.9 Å². The maximum absolute atomic E-state index is 12.9. The first-order chi connectivity index (χ1) is 12.0. The van der Waals surface area contributed by atoms with Crippen LogP contribution in [0.3, 0.4) is 0 Å². The predicted molar refractivity (Wildman–Crippen MR) is 97.5 cm³/mol. The third-order valence-electron chi connectivity index (χ3n) is 4.38. The molecule has 0 N–H and O–H groups in total. The van der Waals surface area contributed by atoms with Crippen LogP contribution in [0.1, 0.15) is 23.2 Å². The first-order valence-corrected chi connectivity index (χ1v) is 8.57. The zero-order valence-electron chi connectivity index (χ0n) is 14.6. The summed E-state index contributed by atoms with van der Waals surface area (Å²) in [6, 6.07) is 7.95. The van der Waals surface area contributed by atoms with Gasteiger partial charge in [0.2, 0.25) is 0 Å². The second-order valence-corrected chi connectivity index (χ2v) is 6.49. The zero-order valence-corrected chi connectivity index (χ0v) is 15.3. The first-order valence-electron chi connectivity index (χ1n) is 8.19. The lowest BCUT2D eigenvalue weighted by Gasteiger charge is -2.41. The second-order valence-electron chi connectivity index (χ2n) is 6.08. The molecule has 0 radical (unpaired) electrons. The normalized spacial score (nSPS) is 17.5. The molecule has 1 aliphatic rings. The number of aryl methyl sites for hydroxylation is 1. The van der Waals surface area contributed by atoms with Crippen molar-refractivity contribution in [3.8, 4) is 5.75 Å². The maximum atomic E-state index is 12.9. The van der Waals surface area contributed by atoms with E-state index in [0.29, 0.717) is 18.9 Å². The fourth-order valence-corrected chi connectivity index (χ4v) is 3.28. The molecule has 1 saturated heterocycles. The third kappa shape index (κ3) is 3.54. The quantitative estimate of drug-likeness (QED) is 0.842. The molecule has 1 fully saturated rings. The number of rotatable bonds is 3. The minimum absolute atomic E-state index is 0.0255. The molecule has 0 aliphatic carbocycles. The molecule has 3 rings (SSSR count). The molecule has 7 heteroatoms. The van der Waals surface area contributed by atoms with E-state index in [4.69, 9.17) is 16.3 Å². The second kappa shape index (κ2) is 7.27. The molecule has 0 saturated carbocycles. The minimum atomic E-state index is -0.150. The van der Waals surface area contributed by atoms with Gasteiger partial charge >= 0.3 is 0 Å². The van der Waals surface area contributed by atoms with Gasteiger partial charge in [0.05, 0.1) is 24.0 Å². The molecule has 6 nitrogen and oxygen atoms in total. The molecular formula is C18H21ClN4O2. The number of para-hydroxylation sites is 2. The van der Waals surface area contributed by atoms with Gasteiger partial charge in [-0.3, -0.25) is 4.79 Å². The van der Waals surface area contributed by atoms with Crippen LogP contribution in [0.4, 0.5) is 5.69 Å². The summed E-state index contributed by atoms with van der Waals surface area (Å²) in [5.41, 5.74) is 1.31. The monoisotopic (exact) mass is 360 g/mol. The molecule has 1 unspecified atom stereocenters. The van der Waals surface area contributed by atoms with Crippen molar-refractivity contribution < 1.29 is 9.53 Å². The summed E-state index contributed by atoms with van der Waals surface area (Å²) in [6.07, 6.45) is 1.48. The lowest BCUT2D eigenvalue weighted by atomic mass is 10.1. The minimum Gasteiger partial charge on any atom is -0.495 e. The molecule has 0 spiro atoms. The number of piperazine rings is 1. The highest BCUT2D eigenvalue weighted by Gasteiger charge is 2.31. The van der Waals surface area contributed by atoms with E-state index in [0.717, 1.165) is 18.0 Å². The van der Waals surface area contributed by atoms with Crippen molar-refractivity contribution in [3.63, 3.8) is 0 Å². The lowest BCUT2D eigenvalue weighted by molar-refractivity contribution is 0.0667. The number of halogens is 1. The molecule has 0 bridgehead atoms. The van der Waals surface area contributed by atoms with E-state index in [1.54, 1.807) is 14.0 Å². The fourth-order valence-electron chi connectivity index (χ4n) is 3.11. The van der Waals surface area contributed by atoms with Crippen LogP contribution in [0.5, 0.6) is 5.75 Å². The van der Waals surface area contributed by atoms with E-state index >= 15 is 0 Å². The average molecular weight is 361 g/mol. The molecule has 1 aromatic heterocycles. The van der Waals surface area contributed by atoms with Crippen molar-refractivity contribution in [3.05, 3.63) is 47.0 Å². The fraction of sp³-hybridized carbons (Fsp3) is 0.389. The Balaban J connectivity index is 1.78. The van der Waals surface area contributed by atoms with Crippen LogP contribution in [0, 0.1) is 6.92 Å². The number of amides is 1. The number of carbonyl (C=O) groups is 1. The highest BCUT2D eigenvalue weighted by molar-refractivity contribution is 6.33. The lowest BCUT2D eigenvalue weighted by Crippen LogP contribution is -2.54. The summed E-state index contributed by atoms with van der Waals surface area (Å²) in [5, 5.41) is 0.287. The number of carbonyl (C=O) groups excluding carboxylic acids is 1. The maximum Gasteiger partial charge on any atom is 0.274 e. The Kier molecular flexibility index (Phi) is 5.08. The van der Waals surface area contributed by atoms with Crippen LogP contribution in [-0.4, -0.2) is 53.6 Å². The number of hydrogen-bond acceptors (Lipinski definition) is 5. The van der Waals surface area contributed by atoms with Crippen LogP contribution in [0.25, 0.3) is 0 Å². The Bertz CT molecular complexity index is 783. The average Bonchev–Trinajstić information content (AvgIpc) is 2.63. The van der Waals surface area contributed by atoms with Gasteiger partial charge in [-0.25, -0.2) is 9.97 Å². The van der Waals surface area contributed by atoms with Gasteiger partial charge in [0, 0.05) is 25.7 Å². The molecule has 132 valence electrons. The summed E-state index contributed by atoms with van der Waals surface area (Å²) < 4.78 is 5.45. The molecule has 25 heavy (non-hydrogen) atoms. The van der Waals surface area contributed by atoms with E-state index in [2.05, 4.69) is 14.9 Å². The van der Waals surface area contributed by atoms with Gasteiger partial charge in [-0.2, -0.15) is 0 Å². The predicted octanol–water partition coefficient (Wildman–Crippen LogP) is 2.80. The van der Waals surface area contributed by atoms with Crippen molar-refractivity contribution in [2.24, 2.45) is 0 Å². The van der Waals surface area contributed by atoms with Crippen molar-refractivity contribution in [1.29, 1.82) is 0 Å². The molecule has 1 atom stereocenters. The Hall–Kier alpha value is -2.34. The molecule has 1 aliphatic heterocycles. The zero-order chi connectivity index (χ0) is 18.0. The van der Waals surface area contributed by atoms with E-state index in [1.807, 2.05) is 36.1 Å². The number of methoxy groups -OCH3 is 1. The van der Waals surface area contributed by atoms with Gasteiger partial charge in [0.1, 0.15) is 11.6 Å². The molecule has 2 aromatic rings. The first kappa shape index (κ1) is 17.5. The summed E-state index contributed by atoms with van der Waals surface area (Å²) in [5.74, 6) is 1.22. The third-order valence-corrected chi connectivity index (χ3v) is 4.66. The highest BCUT2D eigenvalue weighted by Crippen LogP contribution is 2.30. The number of nitrogens with zero attached hydrogens (tertiary/aromatic N) is 4. The van der Waals surface area contributed by atoms with Crippen LogP contribution >= 0.6 is 11.6 Å². The number of hydrogen-bond donors (Lipinski definition) is 0. The Morgan fingerprint density at radius 2 is 2.08 bits per heavy atom. The van der Waals surface area contributed by atoms with Gasteiger partial charge in [-0.05, 0) is 26.0 Å². The number of anilines is 1. The summed E-state index contributed by atoms with van der Waals surface area (Å²) in [6.45, 7) is 5.81. The number of aromatic nitrogens is 2. The molecule has 2 heterocycles. The van der Waals surface area contributed by atoms with Crippen LogP contribution in [-0.2, 0) is 0 Å². The van der Waals surface area contributed by atoms with Crippen molar-refractivity contribution >= 4 is 23.2 Å². The van der Waals surface area contributed by atoms with Gasteiger partial charge in [-0.15, -0.1) is 0 Å². The van der Waals surface area contributed by atoms with E-state index in [1.165, 1.54) is 6.20 Å². The smallest absolute Gasteiger partial charge is 0.274 e. The van der Waals surface area contributed by atoms with Crippen LogP contribution in [0.2, 0.25) is 5.02 Å². The molecule has 1 aromatic carbocycles. The molecular weight excluding hydrogens is 340 g/mol. The number of benzene rings is 1. The van der Waals surface area contributed by atoms with Crippen LogP contribution in [0.15, 0.2) is 30.5 Å². The van der Waals surface area contributed by atoms with E-state index in [-0.39, 0.29) is 22.7 Å². The summed E-state index contributed by atoms with van der Waals surface area (Å²) >= 11 is 6.12. The van der Waals surface area contributed by atoms with Gasteiger partial charge < -0.3 is 14.5 Å². The number of ether oxygens (including phenoxy) is 1. The standard InChI is InChI=1S/C18H21ClN4O2/c1-12-11-22(15-6-4-5-7-16(15)25-3)8-9-23(12)18(24)17-14(19)10-20-13(2)21-17/h4-7,10,12H,8-9,11H2,1-3H3. The summed E-state index contributed by atoms with van der Waals surface area (Å²) in [4.78, 5) is 25.2.